The Balaban J connectivity index is 2.33. The van der Waals surface area contributed by atoms with Gasteiger partial charge in [0.15, 0.2) is 0 Å². The van der Waals surface area contributed by atoms with Crippen molar-refractivity contribution in [2.75, 3.05) is 12.4 Å². The van der Waals surface area contributed by atoms with E-state index in [1.165, 1.54) is 12.1 Å². The molecule has 1 aromatic rings. The molecule has 0 saturated heterocycles. The molecule has 1 aliphatic rings. The third kappa shape index (κ3) is 2.70. The summed E-state index contributed by atoms with van der Waals surface area (Å²) in [5.74, 6) is -0.181. The van der Waals surface area contributed by atoms with E-state index in [1.807, 2.05) is 0 Å². The van der Waals surface area contributed by atoms with Gasteiger partial charge in [-0.25, -0.2) is 12.7 Å². The topological polar surface area (TPSA) is 54.5 Å². The van der Waals surface area contributed by atoms with Crippen LogP contribution in [-0.2, 0) is 10.0 Å². The Morgan fingerprint density at radius 2 is 1.84 bits per heavy atom. The first-order valence-electron chi connectivity index (χ1n) is 5.39. The molecule has 1 amide bonds. The van der Waals surface area contributed by atoms with Crippen molar-refractivity contribution < 1.29 is 13.2 Å². The van der Waals surface area contributed by atoms with E-state index in [9.17, 15) is 13.2 Å². The predicted octanol–water partition coefficient (Wildman–Crippen LogP) is 2.60. The van der Waals surface area contributed by atoms with Gasteiger partial charge in [-0.1, -0.05) is 44.0 Å². The first kappa shape index (κ1) is 15.3. The summed E-state index contributed by atoms with van der Waals surface area (Å²) in [6.07, 6.45) is 0. The minimum absolute atomic E-state index is 0.0402. The lowest BCUT2D eigenvalue weighted by atomic mass is 10.2. The van der Waals surface area contributed by atoms with Gasteiger partial charge in [0, 0.05) is 15.5 Å². The SMILES string of the molecule is O=C1c2ccccc2S(=O)(=O)N1C[C@@H](Br)[C@H](Br)CCl. The highest BCUT2D eigenvalue weighted by atomic mass is 79.9. The second-order valence-electron chi connectivity index (χ2n) is 4.02. The van der Waals surface area contributed by atoms with E-state index >= 15 is 0 Å². The van der Waals surface area contributed by atoms with Crippen molar-refractivity contribution in [2.45, 2.75) is 14.5 Å². The molecule has 1 heterocycles. The van der Waals surface area contributed by atoms with E-state index in [0.717, 1.165) is 4.31 Å². The summed E-state index contributed by atoms with van der Waals surface area (Å²) in [5.41, 5.74) is 0.221. The minimum atomic E-state index is -3.74. The number of amides is 1. The van der Waals surface area contributed by atoms with Crippen LogP contribution in [0, 0.1) is 0 Å². The summed E-state index contributed by atoms with van der Waals surface area (Å²) >= 11 is 12.4. The number of rotatable bonds is 4. The standard InChI is InChI=1S/C11H10Br2ClNO3S/c12-8(5-14)9(13)6-15-11(16)7-3-1-2-4-10(7)19(15,17)18/h1-4,8-9H,5-6H2/t8-,9-/m1/s1. The predicted molar refractivity (Wildman–Crippen MR) is 80.8 cm³/mol. The Kier molecular flexibility index (Phi) is 4.59. The fourth-order valence-corrected chi connectivity index (χ4v) is 4.64. The van der Waals surface area contributed by atoms with E-state index in [4.69, 9.17) is 11.6 Å². The molecule has 2 rings (SSSR count). The van der Waals surface area contributed by atoms with E-state index in [2.05, 4.69) is 31.9 Å². The Morgan fingerprint density at radius 3 is 2.42 bits per heavy atom. The molecule has 2 atom stereocenters. The zero-order valence-corrected chi connectivity index (χ0v) is 14.3. The molecule has 0 radical (unpaired) electrons. The summed E-state index contributed by atoms with van der Waals surface area (Å²) in [6.45, 7) is 0.0402. The van der Waals surface area contributed by atoms with Crippen LogP contribution in [0.25, 0.3) is 0 Å². The second-order valence-corrected chi connectivity index (χ2v) is 8.52. The molecule has 8 heteroatoms. The Bertz CT molecular complexity index is 608. The molecule has 104 valence electrons. The van der Waals surface area contributed by atoms with Gasteiger partial charge in [-0.05, 0) is 12.1 Å². The van der Waals surface area contributed by atoms with Crippen molar-refractivity contribution in [3.8, 4) is 0 Å². The van der Waals surface area contributed by atoms with Crippen LogP contribution in [0.5, 0.6) is 0 Å². The van der Waals surface area contributed by atoms with Gasteiger partial charge in [-0.3, -0.25) is 4.79 Å². The lowest BCUT2D eigenvalue weighted by molar-refractivity contribution is 0.0872. The van der Waals surface area contributed by atoms with Crippen LogP contribution in [-0.4, -0.2) is 40.7 Å². The number of sulfonamides is 1. The number of fused-ring (bicyclic) bond motifs is 1. The van der Waals surface area contributed by atoms with Crippen molar-refractivity contribution in [2.24, 2.45) is 0 Å². The highest BCUT2D eigenvalue weighted by Crippen LogP contribution is 2.31. The quantitative estimate of drug-likeness (QED) is 0.689. The maximum absolute atomic E-state index is 12.3. The molecule has 19 heavy (non-hydrogen) atoms. The van der Waals surface area contributed by atoms with E-state index < -0.39 is 15.9 Å². The third-order valence-electron chi connectivity index (χ3n) is 2.79. The van der Waals surface area contributed by atoms with Gasteiger partial charge in [0.05, 0.1) is 12.1 Å². The number of halogens is 3. The van der Waals surface area contributed by atoms with E-state index in [0.29, 0.717) is 5.88 Å². The summed E-state index contributed by atoms with van der Waals surface area (Å²) in [5, 5.41) is 0. The summed E-state index contributed by atoms with van der Waals surface area (Å²) in [4.78, 5) is 11.8. The van der Waals surface area contributed by atoms with E-state index in [1.54, 1.807) is 12.1 Å². The molecule has 0 fully saturated rings. The molecule has 0 saturated carbocycles. The number of carbonyl (C=O) groups is 1. The van der Waals surface area contributed by atoms with Gasteiger partial charge in [0.1, 0.15) is 4.90 Å². The molecule has 0 aromatic heterocycles. The van der Waals surface area contributed by atoms with Crippen LogP contribution in [0.2, 0.25) is 0 Å². The number of hydrogen-bond donors (Lipinski definition) is 0. The Labute approximate surface area is 133 Å². The molecular weight excluding hydrogens is 421 g/mol. The van der Waals surface area contributed by atoms with Crippen molar-refractivity contribution in [1.29, 1.82) is 0 Å². The lowest BCUT2D eigenvalue weighted by Crippen LogP contribution is -2.38. The fourth-order valence-electron chi connectivity index (χ4n) is 1.78. The number of benzene rings is 1. The summed E-state index contributed by atoms with van der Waals surface area (Å²) in [6, 6.07) is 6.21. The normalized spacial score (nSPS) is 20.2. The average molecular weight is 432 g/mol. The monoisotopic (exact) mass is 429 g/mol. The Hall–Kier alpha value is -0.110. The first-order chi connectivity index (χ1) is 8.89. The van der Waals surface area contributed by atoms with Crippen molar-refractivity contribution in [3.05, 3.63) is 29.8 Å². The third-order valence-corrected chi connectivity index (χ3v) is 7.90. The number of carbonyl (C=O) groups excluding carboxylic acids is 1. The highest BCUT2D eigenvalue weighted by molar-refractivity contribution is 9.12. The van der Waals surface area contributed by atoms with Crippen LogP contribution in [0.4, 0.5) is 0 Å². The second kappa shape index (κ2) is 5.71. The van der Waals surface area contributed by atoms with Crippen LogP contribution in [0.15, 0.2) is 29.2 Å². The zero-order chi connectivity index (χ0) is 14.2. The fraction of sp³-hybridized carbons (Fsp3) is 0.364. The minimum Gasteiger partial charge on any atom is -0.268 e. The molecule has 0 bridgehead atoms. The largest absolute Gasteiger partial charge is 0.269 e. The average Bonchev–Trinajstić information content (AvgIpc) is 2.59. The first-order valence-corrected chi connectivity index (χ1v) is 9.20. The molecule has 0 aliphatic carbocycles. The maximum Gasteiger partial charge on any atom is 0.269 e. The van der Waals surface area contributed by atoms with Crippen LogP contribution < -0.4 is 0 Å². The number of hydrogen-bond acceptors (Lipinski definition) is 3. The molecule has 0 unspecified atom stereocenters. The van der Waals surface area contributed by atoms with Crippen molar-refractivity contribution >= 4 is 59.4 Å². The molecule has 4 nitrogen and oxygen atoms in total. The van der Waals surface area contributed by atoms with E-state index in [-0.39, 0.29) is 26.7 Å². The van der Waals surface area contributed by atoms with Crippen LogP contribution in [0.1, 0.15) is 10.4 Å². The molecule has 1 aromatic carbocycles. The summed E-state index contributed by atoms with van der Waals surface area (Å²) < 4.78 is 25.4. The summed E-state index contributed by atoms with van der Waals surface area (Å²) in [7, 11) is -3.74. The lowest BCUT2D eigenvalue weighted by Gasteiger charge is -2.21. The highest BCUT2D eigenvalue weighted by Gasteiger charge is 2.42. The maximum atomic E-state index is 12.3. The van der Waals surface area contributed by atoms with Gasteiger partial charge in [-0.15, -0.1) is 11.6 Å². The van der Waals surface area contributed by atoms with Crippen molar-refractivity contribution in [1.82, 2.24) is 4.31 Å². The van der Waals surface area contributed by atoms with Gasteiger partial charge in [0.25, 0.3) is 15.9 Å². The Morgan fingerprint density at radius 1 is 1.21 bits per heavy atom. The number of alkyl halides is 3. The van der Waals surface area contributed by atoms with Gasteiger partial charge < -0.3 is 0 Å². The number of nitrogens with zero attached hydrogens (tertiary/aromatic N) is 1. The van der Waals surface area contributed by atoms with Crippen molar-refractivity contribution in [3.63, 3.8) is 0 Å². The van der Waals surface area contributed by atoms with Gasteiger partial charge in [-0.2, -0.15) is 0 Å². The zero-order valence-electron chi connectivity index (χ0n) is 9.59. The van der Waals surface area contributed by atoms with Gasteiger partial charge >= 0.3 is 0 Å². The molecule has 1 aliphatic heterocycles. The molecule has 0 N–H and O–H groups in total. The molecule has 0 spiro atoms. The smallest absolute Gasteiger partial charge is 0.268 e. The van der Waals surface area contributed by atoms with Crippen LogP contribution >= 0.6 is 43.5 Å². The molecular formula is C11H10Br2ClNO3S. The van der Waals surface area contributed by atoms with Gasteiger partial charge in [0.2, 0.25) is 0 Å². The van der Waals surface area contributed by atoms with Crippen LogP contribution in [0.3, 0.4) is 0 Å².